The second kappa shape index (κ2) is 9.99. The van der Waals surface area contributed by atoms with Crippen molar-refractivity contribution in [2.45, 2.75) is 13.0 Å². The number of benzene rings is 3. The summed E-state index contributed by atoms with van der Waals surface area (Å²) in [6.07, 6.45) is -2.75. The SMILES string of the molecule is O=C(Nc1cc(OCC(F)F)cc([N+](=O)[O-])c1)c1ccc(COc2ccc3ccccc3c2)o1. The van der Waals surface area contributed by atoms with Crippen LogP contribution in [-0.4, -0.2) is 23.9 Å². The number of halogens is 2. The molecule has 0 aliphatic rings. The third-order valence-corrected chi connectivity index (χ3v) is 4.72. The summed E-state index contributed by atoms with van der Waals surface area (Å²) in [5.41, 5.74) is -0.431. The molecule has 34 heavy (non-hydrogen) atoms. The van der Waals surface area contributed by atoms with E-state index in [1.165, 1.54) is 12.1 Å². The molecule has 0 fully saturated rings. The van der Waals surface area contributed by atoms with E-state index >= 15 is 0 Å². The molecular weight excluding hydrogens is 450 g/mol. The van der Waals surface area contributed by atoms with Crippen molar-refractivity contribution < 1.29 is 32.4 Å². The normalized spacial score (nSPS) is 10.9. The van der Waals surface area contributed by atoms with Gasteiger partial charge in [0, 0.05) is 12.1 Å². The molecule has 1 amide bonds. The number of carbonyl (C=O) groups is 1. The number of furan rings is 1. The molecule has 3 aromatic carbocycles. The molecule has 4 rings (SSSR count). The third kappa shape index (κ3) is 5.66. The Morgan fingerprint density at radius 3 is 2.53 bits per heavy atom. The fourth-order valence-corrected chi connectivity index (χ4v) is 3.19. The molecule has 0 saturated heterocycles. The van der Waals surface area contributed by atoms with Crippen molar-refractivity contribution in [2.75, 3.05) is 11.9 Å². The summed E-state index contributed by atoms with van der Waals surface area (Å²) in [6.45, 7) is -0.860. The molecule has 0 aliphatic heterocycles. The first-order valence-electron chi connectivity index (χ1n) is 10.1. The van der Waals surface area contributed by atoms with Gasteiger partial charge in [-0.1, -0.05) is 30.3 Å². The Bertz CT molecular complexity index is 1340. The van der Waals surface area contributed by atoms with Gasteiger partial charge in [0.05, 0.1) is 16.7 Å². The number of ether oxygens (including phenoxy) is 2. The van der Waals surface area contributed by atoms with Crippen LogP contribution in [0.25, 0.3) is 10.8 Å². The highest BCUT2D eigenvalue weighted by Crippen LogP contribution is 2.27. The Labute approximate surface area is 191 Å². The van der Waals surface area contributed by atoms with E-state index in [1.807, 2.05) is 42.5 Å². The maximum absolute atomic E-state index is 12.5. The van der Waals surface area contributed by atoms with Gasteiger partial charge in [-0.05, 0) is 35.0 Å². The summed E-state index contributed by atoms with van der Waals surface area (Å²) in [7, 11) is 0. The summed E-state index contributed by atoms with van der Waals surface area (Å²) in [4.78, 5) is 22.9. The van der Waals surface area contributed by atoms with Gasteiger partial charge in [-0.25, -0.2) is 8.78 Å². The van der Waals surface area contributed by atoms with Crippen molar-refractivity contribution in [3.05, 3.63) is 94.4 Å². The van der Waals surface area contributed by atoms with Crippen LogP contribution in [0.4, 0.5) is 20.2 Å². The predicted octanol–water partition coefficient (Wildman–Crippen LogP) is 5.82. The van der Waals surface area contributed by atoms with E-state index in [-0.39, 0.29) is 23.8 Å². The minimum absolute atomic E-state index is 0.00571. The lowest BCUT2D eigenvalue weighted by atomic mass is 10.1. The number of rotatable bonds is 9. The van der Waals surface area contributed by atoms with Crippen molar-refractivity contribution in [3.8, 4) is 11.5 Å². The molecular formula is C24H18F2N2O6. The van der Waals surface area contributed by atoms with Crippen LogP contribution < -0.4 is 14.8 Å². The van der Waals surface area contributed by atoms with Gasteiger partial charge in [0.25, 0.3) is 18.0 Å². The van der Waals surface area contributed by atoms with E-state index in [4.69, 9.17) is 13.9 Å². The number of non-ortho nitro benzene ring substituents is 1. The van der Waals surface area contributed by atoms with E-state index in [2.05, 4.69) is 5.32 Å². The van der Waals surface area contributed by atoms with Gasteiger partial charge in [-0.2, -0.15) is 0 Å². The first-order valence-corrected chi connectivity index (χ1v) is 10.1. The summed E-state index contributed by atoms with van der Waals surface area (Å²) in [5.74, 6) is 0.108. The smallest absolute Gasteiger partial charge is 0.291 e. The Kier molecular flexibility index (Phi) is 6.67. The van der Waals surface area contributed by atoms with Crippen LogP contribution >= 0.6 is 0 Å². The zero-order valence-corrected chi connectivity index (χ0v) is 17.6. The van der Waals surface area contributed by atoms with Crippen LogP contribution in [0.3, 0.4) is 0 Å². The van der Waals surface area contributed by atoms with Crippen LogP contribution in [0.2, 0.25) is 0 Å². The highest BCUT2D eigenvalue weighted by molar-refractivity contribution is 6.02. The predicted molar refractivity (Wildman–Crippen MR) is 120 cm³/mol. The summed E-state index contributed by atoms with van der Waals surface area (Å²) in [5, 5.41) is 15.7. The fraction of sp³-hybridized carbons (Fsp3) is 0.125. The summed E-state index contributed by atoms with van der Waals surface area (Å²) < 4.78 is 40.9. The average Bonchev–Trinajstić information content (AvgIpc) is 3.30. The zero-order valence-electron chi connectivity index (χ0n) is 17.6. The second-order valence-corrected chi connectivity index (χ2v) is 7.19. The van der Waals surface area contributed by atoms with E-state index in [1.54, 1.807) is 6.07 Å². The number of nitro benzene ring substituents is 1. The Morgan fingerprint density at radius 2 is 1.76 bits per heavy atom. The number of nitro groups is 1. The van der Waals surface area contributed by atoms with E-state index < -0.39 is 29.6 Å². The minimum atomic E-state index is -2.75. The number of nitrogens with one attached hydrogen (secondary N) is 1. The molecule has 4 aromatic rings. The molecule has 1 aromatic heterocycles. The van der Waals surface area contributed by atoms with Gasteiger partial charge in [0.2, 0.25) is 0 Å². The third-order valence-electron chi connectivity index (χ3n) is 4.72. The van der Waals surface area contributed by atoms with E-state index in [0.717, 1.165) is 22.9 Å². The van der Waals surface area contributed by atoms with Crippen molar-refractivity contribution in [1.29, 1.82) is 0 Å². The molecule has 0 atom stereocenters. The summed E-state index contributed by atoms with van der Waals surface area (Å²) in [6, 6.07) is 19.8. The largest absolute Gasteiger partial charge is 0.487 e. The van der Waals surface area contributed by atoms with Gasteiger partial charge in [0.15, 0.2) is 5.76 Å². The quantitative estimate of drug-likeness (QED) is 0.245. The van der Waals surface area contributed by atoms with Gasteiger partial charge >= 0.3 is 0 Å². The Balaban J connectivity index is 1.42. The summed E-state index contributed by atoms with van der Waals surface area (Å²) >= 11 is 0. The lowest BCUT2D eigenvalue weighted by molar-refractivity contribution is -0.384. The number of hydrogen-bond acceptors (Lipinski definition) is 6. The molecule has 0 radical (unpaired) electrons. The van der Waals surface area contributed by atoms with E-state index in [0.29, 0.717) is 11.5 Å². The minimum Gasteiger partial charge on any atom is -0.487 e. The molecule has 8 nitrogen and oxygen atoms in total. The van der Waals surface area contributed by atoms with Crippen LogP contribution in [0.1, 0.15) is 16.3 Å². The number of anilines is 1. The van der Waals surface area contributed by atoms with Gasteiger partial charge in [-0.15, -0.1) is 0 Å². The molecule has 174 valence electrons. The van der Waals surface area contributed by atoms with Crippen LogP contribution in [0, 0.1) is 10.1 Å². The molecule has 1 heterocycles. The van der Waals surface area contributed by atoms with Crippen LogP contribution in [0.5, 0.6) is 11.5 Å². The standard InChI is InChI=1S/C24H18F2N2O6/c25-23(26)14-33-21-11-17(10-18(12-21)28(30)31)27-24(29)22-8-7-20(34-22)13-32-19-6-5-15-3-1-2-4-16(15)9-19/h1-12,23H,13-14H2,(H,27,29). The lowest BCUT2D eigenvalue weighted by Gasteiger charge is -2.09. The molecule has 0 unspecified atom stereocenters. The van der Waals surface area contributed by atoms with Gasteiger partial charge < -0.3 is 19.2 Å². The van der Waals surface area contributed by atoms with Crippen molar-refractivity contribution in [3.63, 3.8) is 0 Å². The monoisotopic (exact) mass is 468 g/mol. The van der Waals surface area contributed by atoms with Crippen molar-refractivity contribution in [2.24, 2.45) is 0 Å². The Morgan fingerprint density at radius 1 is 0.971 bits per heavy atom. The maximum atomic E-state index is 12.5. The van der Waals surface area contributed by atoms with Gasteiger partial charge in [0.1, 0.15) is 30.5 Å². The van der Waals surface area contributed by atoms with Crippen molar-refractivity contribution in [1.82, 2.24) is 0 Å². The first-order chi connectivity index (χ1) is 16.4. The highest BCUT2D eigenvalue weighted by Gasteiger charge is 2.17. The number of fused-ring (bicyclic) bond motifs is 1. The number of amides is 1. The van der Waals surface area contributed by atoms with Crippen LogP contribution in [-0.2, 0) is 6.61 Å². The number of alkyl halides is 2. The Hall–Kier alpha value is -4.47. The molecule has 0 saturated carbocycles. The molecule has 0 spiro atoms. The molecule has 0 aliphatic carbocycles. The first kappa shape index (κ1) is 22.7. The molecule has 0 bridgehead atoms. The highest BCUT2D eigenvalue weighted by atomic mass is 19.3. The molecule has 1 N–H and O–H groups in total. The van der Waals surface area contributed by atoms with E-state index in [9.17, 15) is 23.7 Å². The fourth-order valence-electron chi connectivity index (χ4n) is 3.19. The number of nitrogens with zero attached hydrogens (tertiary/aromatic N) is 1. The molecule has 10 heteroatoms. The zero-order chi connectivity index (χ0) is 24.1. The van der Waals surface area contributed by atoms with Crippen molar-refractivity contribution >= 4 is 28.1 Å². The number of hydrogen-bond donors (Lipinski definition) is 1. The average molecular weight is 468 g/mol. The topological polar surface area (TPSA) is 104 Å². The number of carbonyl (C=O) groups excluding carboxylic acids is 1. The maximum Gasteiger partial charge on any atom is 0.291 e. The van der Waals surface area contributed by atoms with Gasteiger partial charge in [-0.3, -0.25) is 14.9 Å². The van der Waals surface area contributed by atoms with Crippen LogP contribution in [0.15, 0.2) is 77.2 Å². The second-order valence-electron chi connectivity index (χ2n) is 7.19. The lowest BCUT2D eigenvalue weighted by Crippen LogP contribution is -2.12.